The van der Waals surface area contributed by atoms with E-state index in [2.05, 4.69) is 4.18 Å². The molecule has 0 spiro atoms. The van der Waals surface area contributed by atoms with Crippen molar-refractivity contribution in [3.05, 3.63) is 36.4 Å². The monoisotopic (exact) mass is 306 g/mol. The number of hydrogen-bond donors (Lipinski definition) is 0. The van der Waals surface area contributed by atoms with E-state index in [0.29, 0.717) is 16.5 Å². The first-order valence-electron chi connectivity index (χ1n) is 5.32. The Labute approximate surface area is 112 Å². The van der Waals surface area contributed by atoms with Gasteiger partial charge in [-0.05, 0) is 23.6 Å². The molecular formula is C12H9F3O4S. The Morgan fingerprint density at radius 3 is 2.40 bits per heavy atom. The summed E-state index contributed by atoms with van der Waals surface area (Å²) < 4.78 is 67.7. The van der Waals surface area contributed by atoms with Gasteiger partial charge in [-0.15, -0.1) is 0 Å². The molecule has 0 saturated heterocycles. The predicted octanol–water partition coefficient (Wildman–Crippen LogP) is 3.08. The summed E-state index contributed by atoms with van der Waals surface area (Å²) in [6, 6.07) is 8.78. The predicted molar refractivity (Wildman–Crippen MR) is 66.1 cm³/mol. The lowest BCUT2D eigenvalue weighted by molar-refractivity contribution is -0.0500. The van der Waals surface area contributed by atoms with Gasteiger partial charge in [-0.1, -0.05) is 18.2 Å². The molecule has 8 heteroatoms. The Morgan fingerprint density at radius 1 is 1.10 bits per heavy atom. The highest BCUT2D eigenvalue weighted by atomic mass is 32.2. The summed E-state index contributed by atoms with van der Waals surface area (Å²) in [5.74, 6) is -0.0309. The quantitative estimate of drug-likeness (QED) is 0.646. The Balaban J connectivity index is 2.48. The minimum Gasteiger partial charge on any atom is -0.496 e. The fourth-order valence-electron chi connectivity index (χ4n) is 1.63. The largest absolute Gasteiger partial charge is 0.534 e. The standard InChI is InChI=1S/C12H9F3O4S/c1-18-11-4-2-3-8-5-6-9(7-10(8)11)19-20(16,17)12(13,14)15/h2-7H,1H3. The number of ether oxygens (including phenoxy) is 1. The lowest BCUT2D eigenvalue weighted by Crippen LogP contribution is -2.28. The number of methoxy groups -OCH3 is 1. The summed E-state index contributed by atoms with van der Waals surface area (Å²) in [5, 5.41) is 1.13. The number of hydrogen-bond acceptors (Lipinski definition) is 4. The van der Waals surface area contributed by atoms with Crippen LogP contribution < -0.4 is 8.92 Å². The van der Waals surface area contributed by atoms with Crippen molar-refractivity contribution in [3.8, 4) is 11.5 Å². The van der Waals surface area contributed by atoms with E-state index in [-0.39, 0.29) is 0 Å². The maximum absolute atomic E-state index is 12.2. The molecule has 2 aromatic carbocycles. The van der Waals surface area contributed by atoms with E-state index >= 15 is 0 Å². The van der Waals surface area contributed by atoms with Crippen molar-refractivity contribution in [3.63, 3.8) is 0 Å². The van der Waals surface area contributed by atoms with E-state index in [4.69, 9.17) is 4.74 Å². The van der Waals surface area contributed by atoms with Crippen LogP contribution in [0.4, 0.5) is 13.2 Å². The van der Waals surface area contributed by atoms with Crippen molar-refractivity contribution in [2.45, 2.75) is 5.51 Å². The molecule has 0 heterocycles. The zero-order valence-corrected chi connectivity index (χ0v) is 11.0. The lowest BCUT2D eigenvalue weighted by atomic mass is 10.1. The third-order valence-corrected chi connectivity index (χ3v) is 3.50. The number of fused-ring (bicyclic) bond motifs is 1. The van der Waals surface area contributed by atoms with E-state index < -0.39 is 21.4 Å². The number of halogens is 3. The second-order valence-corrected chi connectivity index (χ2v) is 5.36. The van der Waals surface area contributed by atoms with E-state index in [1.54, 1.807) is 18.2 Å². The van der Waals surface area contributed by atoms with Crippen molar-refractivity contribution in [2.24, 2.45) is 0 Å². The maximum Gasteiger partial charge on any atom is 0.534 e. The van der Waals surface area contributed by atoms with Crippen molar-refractivity contribution in [1.29, 1.82) is 0 Å². The summed E-state index contributed by atoms with van der Waals surface area (Å²) in [7, 11) is -4.28. The van der Waals surface area contributed by atoms with Crippen LogP contribution in [0.15, 0.2) is 36.4 Å². The van der Waals surface area contributed by atoms with Gasteiger partial charge < -0.3 is 8.92 Å². The van der Waals surface area contributed by atoms with Crippen LogP contribution in [0.25, 0.3) is 10.8 Å². The van der Waals surface area contributed by atoms with Gasteiger partial charge in [0.05, 0.1) is 7.11 Å². The molecule has 0 radical (unpaired) electrons. The average Bonchev–Trinajstić information content (AvgIpc) is 2.36. The summed E-state index contributed by atoms with van der Waals surface area (Å²) in [4.78, 5) is 0. The van der Waals surface area contributed by atoms with Crippen LogP contribution in [-0.2, 0) is 10.1 Å². The summed E-state index contributed by atoms with van der Waals surface area (Å²) in [6.45, 7) is 0. The van der Waals surface area contributed by atoms with Gasteiger partial charge in [0.15, 0.2) is 0 Å². The highest BCUT2D eigenvalue weighted by Gasteiger charge is 2.48. The second-order valence-electron chi connectivity index (χ2n) is 3.83. The molecule has 0 aliphatic rings. The first kappa shape index (κ1) is 14.4. The highest BCUT2D eigenvalue weighted by Crippen LogP contribution is 2.32. The molecule has 0 aliphatic heterocycles. The van der Waals surface area contributed by atoms with E-state index in [1.807, 2.05) is 0 Å². The molecule has 0 N–H and O–H groups in total. The van der Waals surface area contributed by atoms with Crippen LogP contribution in [0, 0.1) is 0 Å². The van der Waals surface area contributed by atoms with Gasteiger partial charge in [-0.25, -0.2) is 0 Å². The molecule has 0 saturated carbocycles. The first-order chi connectivity index (χ1) is 9.24. The molecule has 108 valence electrons. The zero-order valence-electron chi connectivity index (χ0n) is 10.1. The minimum atomic E-state index is -5.68. The molecular weight excluding hydrogens is 297 g/mol. The number of rotatable bonds is 3. The van der Waals surface area contributed by atoms with Crippen molar-refractivity contribution < 1.29 is 30.5 Å². The van der Waals surface area contributed by atoms with E-state index in [1.165, 1.54) is 19.2 Å². The van der Waals surface area contributed by atoms with Crippen LogP contribution in [0.2, 0.25) is 0 Å². The summed E-state index contributed by atoms with van der Waals surface area (Å²) in [5.41, 5.74) is -5.47. The molecule has 0 fully saturated rings. The molecule has 4 nitrogen and oxygen atoms in total. The lowest BCUT2D eigenvalue weighted by Gasteiger charge is -2.11. The smallest absolute Gasteiger partial charge is 0.496 e. The van der Waals surface area contributed by atoms with Gasteiger partial charge in [0.1, 0.15) is 11.5 Å². The number of alkyl halides is 3. The Kier molecular flexibility index (Phi) is 3.51. The van der Waals surface area contributed by atoms with Crippen LogP contribution in [0.1, 0.15) is 0 Å². The molecule has 0 unspecified atom stereocenters. The average molecular weight is 306 g/mol. The SMILES string of the molecule is COc1cccc2ccc(OS(=O)(=O)C(F)(F)F)cc12. The molecule has 0 bridgehead atoms. The first-order valence-corrected chi connectivity index (χ1v) is 6.73. The Morgan fingerprint density at radius 2 is 1.80 bits per heavy atom. The van der Waals surface area contributed by atoms with Gasteiger partial charge >= 0.3 is 15.6 Å². The molecule has 0 amide bonds. The maximum atomic E-state index is 12.2. The Bertz CT molecular complexity index is 738. The van der Waals surface area contributed by atoms with Crippen LogP contribution in [-0.4, -0.2) is 21.0 Å². The fourth-order valence-corrected chi connectivity index (χ4v) is 2.08. The van der Waals surface area contributed by atoms with Crippen molar-refractivity contribution in [1.82, 2.24) is 0 Å². The Hall–Kier alpha value is -1.96. The minimum absolute atomic E-state index is 0.400. The normalized spacial score (nSPS) is 12.4. The topological polar surface area (TPSA) is 52.6 Å². The molecule has 2 rings (SSSR count). The van der Waals surface area contributed by atoms with Crippen molar-refractivity contribution >= 4 is 20.9 Å². The molecule has 0 aromatic heterocycles. The van der Waals surface area contributed by atoms with Crippen LogP contribution in [0.3, 0.4) is 0 Å². The summed E-state index contributed by atoms with van der Waals surface area (Å²) >= 11 is 0. The number of benzene rings is 2. The second kappa shape index (κ2) is 4.86. The third-order valence-electron chi connectivity index (χ3n) is 2.52. The van der Waals surface area contributed by atoms with Gasteiger partial charge in [0, 0.05) is 5.39 Å². The molecule has 2 aromatic rings. The molecule has 0 atom stereocenters. The van der Waals surface area contributed by atoms with Crippen LogP contribution in [0.5, 0.6) is 11.5 Å². The molecule has 20 heavy (non-hydrogen) atoms. The van der Waals surface area contributed by atoms with Gasteiger partial charge in [0.25, 0.3) is 0 Å². The van der Waals surface area contributed by atoms with Gasteiger partial charge in [-0.3, -0.25) is 0 Å². The molecule has 0 aliphatic carbocycles. The van der Waals surface area contributed by atoms with E-state index in [0.717, 1.165) is 6.07 Å². The fraction of sp³-hybridized carbons (Fsp3) is 0.167. The highest BCUT2D eigenvalue weighted by molar-refractivity contribution is 7.88. The zero-order chi connectivity index (χ0) is 15.0. The summed E-state index contributed by atoms with van der Waals surface area (Å²) in [6.07, 6.45) is 0. The van der Waals surface area contributed by atoms with Gasteiger partial charge in [-0.2, -0.15) is 21.6 Å². The third kappa shape index (κ3) is 2.64. The van der Waals surface area contributed by atoms with Crippen molar-refractivity contribution in [2.75, 3.05) is 7.11 Å². The van der Waals surface area contributed by atoms with Crippen LogP contribution >= 0.6 is 0 Å². The van der Waals surface area contributed by atoms with E-state index in [9.17, 15) is 21.6 Å². The van der Waals surface area contributed by atoms with Gasteiger partial charge in [0.2, 0.25) is 0 Å².